The molecule has 1 aliphatic carbocycles. The van der Waals surface area contributed by atoms with Gasteiger partial charge >= 0.3 is 0 Å². The number of aryl methyl sites for hydroxylation is 1. The summed E-state index contributed by atoms with van der Waals surface area (Å²) < 4.78 is 5.48. The molecule has 0 amide bonds. The lowest BCUT2D eigenvalue weighted by atomic mass is 10.1. The zero-order chi connectivity index (χ0) is 14.4. The Morgan fingerprint density at radius 2 is 2.25 bits per heavy atom. The second-order valence-corrected chi connectivity index (χ2v) is 6.34. The molecule has 0 bridgehead atoms. The van der Waals surface area contributed by atoms with Crippen molar-refractivity contribution in [3.05, 3.63) is 23.3 Å². The molecule has 1 fully saturated rings. The normalized spacial score (nSPS) is 14.1. The predicted molar refractivity (Wildman–Crippen MR) is 86.6 cm³/mol. The quantitative estimate of drug-likeness (QED) is 0.451. The summed E-state index contributed by atoms with van der Waals surface area (Å²) >= 11 is 1.66. The van der Waals surface area contributed by atoms with Gasteiger partial charge in [0.2, 0.25) is 0 Å². The Morgan fingerprint density at radius 1 is 1.45 bits per heavy atom. The molecule has 1 aliphatic rings. The van der Waals surface area contributed by atoms with E-state index in [1.807, 2.05) is 0 Å². The van der Waals surface area contributed by atoms with Crippen LogP contribution in [-0.4, -0.2) is 26.0 Å². The lowest BCUT2D eigenvalue weighted by molar-refractivity contribution is 0.404. The number of thioether (sulfide) groups is 1. The van der Waals surface area contributed by atoms with E-state index in [0.717, 1.165) is 29.5 Å². The van der Waals surface area contributed by atoms with Gasteiger partial charge in [0.15, 0.2) is 0 Å². The van der Waals surface area contributed by atoms with E-state index in [9.17, 15) is 0 Å². The van der Waals surface area contributed by atoms with Gasteiger partial charge in [0.1, 0.15) is 5.75 Å². The van der Waals surface area contributed by atoms with Gasteiger partial charge < -0.3 is 10.1 Å². The fourth-order valence-electron chi connectivity index (χ4n) is 2.22. The highest BCUT2D eigenvalue weighted by atomic mass is 32.2. The summed E-state index contributed by atoms with van der Waals surface area (Å²) in [5.74, 6) is 5.21. The fourth-order valence-corrected chi connectivity index (χ4v) is 3.00. The van der Waals surface area contributed by atoms with Crippen LogP contribution in [0.25, 0.3) is 0 Å². The van der Waals surface area contributed by atoms with Crippen molar-refractivity contribution in [2.45, 2.75) is 31.1 Å². The van der Waals surface area contributed by atoms with E-state index in [0.29, 0.717) is 5.75 Å². The molecule has 1 aromatic rings. The van der Waals surface area contributed by atoms with Crippen LogP contribution in [-0.2, 0) is 6.42 Å². The number of terminal acetylenes is 1. The fraction of sp³-hybridized carbons (Fsp3) is 0.529. The van der Waals surface area contributed by atoms with Gasteiger partial charge in [-0.25, -0.2) is 0 Å². The van der Waals surface area contributed by atoms with Crippen LogP contribution in [0.15, 0.2) is 17.0 Å². The van der Waals surface area contributed by atoms with Crippen LogP contribution >= 0.6 is 11.8 Å². The van der Waals surface area contributed by atoms with E-state index in [1.54, 1.807) is 18.9 Å². The highest BCUT2D eigenvalue weighted by molar-refractivity contribution is 7.99. The molecule has 0 atom stereocenters. The van der Waals surface area contributed by atoms with Crippen molar-refractivity contribution >= 4 is 11.8 Å². The number of hydrogen-bond donors (Lipinski definition) is 1. The van der Waals surface area contributed by atoms with E-state index >= 15 is 0 Å². The third-order valence-corrected chi connectivity index (χ3v) is 4.58. The molecule has 0 aromatic heterocycles. The lowest BCUT2D eigenvalue weighted by Crippen LogP contribution is -2.20. The Morgan fingerprint density at radius 3 is 2.90 bits per heavy atom. The average molecular weight is 289 g/mol. The summed E-state index contributed by atoms with van der Waals surface area (Å²) in [4.78, 5) is 1.14. The van der Waals surface area contributed by atoms with Crippen LogP contribution in [0.5, 0.6) is 5.75 Å². The maximum Gasteiger partial charge on any atom is 0.132 e. The summed E-state index contributed by atoms with van der Waals surface area (Å²) in [6.45, 7) is 4.37. The van der Waals surface area contributed by atoms with Crippen molar-refractivity contribution in [3.8, 4) is 18.1 Å². The van der Waals surface area contributed by atoms with Crippen molar-refractivity contribution in [2.24, 2.45) is 5.92 Å². The first-order valence-electron chi connectivity index (χ1n) is 7.19. The van der Waals surface area contributed by atoms with Crippen molar-refractivity contribution in [1.82, 2.24) is 5.32 Å². The van der Waals surface area contributed by atoms with Gasteiger partial charge in [-0.15, -0.1) is 18.2 Å². The Bertz CT molecular complexity index is 488. The number of benzene rings is 1. The molecule has 108 valence electrons. The summed E-state index contributed by atoms with van der Waals surface area (Å²) in [6.07, 6.45) is 9.18. The average Bonchev–Trinajstić information content (AvgIpc) is 3.27. The number of nitrogens with one attached hydrogen (secondary N) is 1. The minimum atomic E-state index is 0.679. The van der Waals surface area contributed by atoms with E-state index in [1.165, 1.54) is 30.5 Å². The zero-order valence-corrected chi connectivity index (χ0v) is 13.2. The van der Waals surface area contributed by atoms with Crippen molar-refractivity contribution in [2.75, 3.05) is 26.0 Å². The molecule has 1 aromatic carbocycles. The van der Waals surface area contributed by atoms with Crippen molar-refractivity contribution < 1.29 is 4.74 Å². The molecule has 1 saturated carbocycles. The standard InChI is InChI=1S/C17H23NOS/c1-4-9-20-17-10-13(2)15(11-16(17)19-3)7-8-18-12-14-5-6-14/h1,10-11,14,18H,5-9,12H2,2-3H3. The number of rotatable bonds is 8. The lowest BCUT2D eigenvalue weighted by Gasteiger charge is -2.13. The molecular weight excluding hydrogens is 266 g/mol. The van der Waals surface area contributed by atoms with E-state index in [-0.39, 0.29) is 0 Å². The maximum atomic E-state index is 5.48. The van der Waals surface area contributed by atoms with E-state index in [4.69, 9.17) is 11.2 Å². The van der Waals surface area contributed by atoms with Crippen LogP contribution in [0, 0.1) is 25.2 Å². The van der Waals surface area contributed by atoms with Crippen LogP contribution < -0.4 is 10.1 Å². The van der Waals surface area contributed by atoms with Crippen LogP contribution in [0.4, 0.5) is 0 Å². The second-order valence-electron chi connectivity index (χ2n) is 5.32. The largest absolute Gasteiger partial charge is 0.496 e. The molecule has 1 N–H and O–H groups in total. The molecule has 0 saturated heterocycles. The molecule has 20 heavy (non-hydrogen) atoms. The van der Waals surface area contributed by atoms with Gasteiger partial charge in [-0.05, 0) is 68.5 Å². The molecule has 0 heterocycles. The second kappa shape index (κ2) is 7.61. The van der Waals surface area contributed by atoms with Gasteiger partial charge in [0.25, 0.3) is 0 Å². The van der Waals surface area contributed by atoms with Gasteiger partial charge in [0, 0.05) is 0 Å². The summed E-state index contributed by atoms with van der Waals surface area (Å²) in [5, 5.41) is 3.54. The van der Waals surface area contributed by atoms with Crippen molar-refractivity contribution in [1.29, 1.82) is 0 Å². The highest BCUT2D eigenvalue weighted by Crippen LogP contribution is 2.32. The Balaban J connectivity index is 1.95. The molecule has 0 unspecified atom stereocenters. The third kappa shape index (κ3) is 4.47. The van der Waals surface area contributed by atoms with E-state index in [2.05, 4.69) is 30.3 Å². The first kappa shape index (κ1) is 15.3. The minimum absolute atomic E-state index is 0.679. The minimum Gasteiger partial charge on any atom is -0.496 e. The topological polar surface area (TPSA) is 21.3 Å². The van der Waals surface area contributed by atoms with Crippen LogP contribution in [0.3, 0.4) is 0 Å². The molecule has 2 rings (SSSR count). The zero-order valence-electron chi connectivity index (χ0n) is 12.4. The third-order valence-electron chi connectivity index (χ3n) is 3.63. The van der Waals surface area contributed by atoms with Gasteiger partial charge in [-0.1, -0.05) is 5.92 Å². The van der Waals surface area contributed by atoms with Crippen molar-refractivity contribution in [3.63, 3.8) is 0 Å². The summed E-state index contributed by atoms with van der Waals surface area (Å²) in [5.41, 5.74) is 2.67. The highest BCUT2D eigenvalue weighted by Gasteiger charge is 2.20. The van der Waals surface area contributed by atoms with Gasteiger partial charge in [-0.2, -0.15) is 0 Å². The Labute approximate surface area is 126 Å². The smallest absolute Gasteiger partial charge is 0.132 e. The molecule has 2 nitrogen and oxygen atoms in total. The summed E-state index contributed by atoms with van der Waals surface area (Å²) in [6, 6.07) is 4.35. The first-order chi connectivity index (χ1) is 9.74. The molecule has 0 aliphatic heterocycles. The van der Waals surface area contributed by atoms with E-state index < -0.39 is 0 Å². The number of ether oxygens (including phenoxy) is 1. The van der Waals surface area contributed by atoms with Gasteiger partial charge in [0.05, 0.1) is 17.8 Å². The molecule has 0 spiro atoms. The van der Waals surface area contributed by atoms with Crippen LogP contribution in [0.1, 0.15) is 24.0 Å². The Hall–Kier alpha value is -1.11. The Kier molecular flexibility index (Phi) is 5.82. The van der Waals surface area contributed by atoms with Crippen LogP contribution in [0.2, 0.25) is 0 Å². The first-order valence-corrected chi connectivity index (χ1v) is 8.17. The molecule has 0 radical (unpaired) electrons. The predicted octanol–water partition coefficient (Wildman–Crippen LogP) is 3.27. The molecular formula is C17H23NOS. The SMILES string of the molecule is C#CCSc1cc(C)c(CCNCC2CC2)cc1OC. The number of methoxy groups -OCH3 is 1. The molecule has 3 heteroatoms. The monoisotopic (exact) mass is 289 g/mol. The summed E-state index contributed by atoms with van der Waals surface area (Å²) in [7, 11) is 1.72. The number of hydrogen-bond acceptors (Lipinski definition) is 3. The maximum absolute atomic E-state index is 5.48. The van der Waals surface area contributed by atoms with Gasteiger partial charge in [-0.3, -0.25) is 0 Å².